The van der Waals surface area contributed by atoms with Crippen molar-refractivity contribution in [3.63, 3.8) is 0 Å². The van der Waals surface area contributed by atoms with Crippen LogP contribution in [0.4, 0.5) is 0 Å². The predicted molar refractivity (Wildman–Crippen MR) is 116 cm³/mol. The van der Waals surface area contributed by atoms with E-state index in [0.29, 0.717) is 28.5 Å². The van der Waals surface area contributed by atoms with Crippen molar-refractivity contribution in [2.24, 2.45) is 0 Å². The molecular weight excluding hydrogens is 404 g/mol. The Bertz CT molecular complexity index is 916. The van der Waals surface area contributed by atoms with Gasteiger partial charge in [0.05, 0.1) is 17.4 Å². The monoisotopic (exact) mass is 430 g/mol. The molecule has 1 heterocycles. The van der Waals surface area contributed by atoms with Crippen LogP contribution in [-0.4, -0.2) is 11.9 Å². The van der Waals surface area contributed by atoms with Crippen LogP contribution in [0.2, 0.25) is 0 Å². The molecular formula is C23H27BrO3. The van der Waals surface area contributed by atoms with Gasteiger partial charge in [0, 0.05) is 11.4 Å². The highest BCUT2D eigenvalue weighted by molar-refractivity contribution is 9.09. The van der Waals surface area contributed by atoms with E-state index < -0.39 is 0 Å². The van der Waals surface area contributed by atoms with Gasteiger partial charge in [-0.25, -0.2) is 0 Å². The minimum atomic E-state index is 0.00883. The molecule has 4 heteroatoms. The largest absolute Gasteiger partial charge is 0.493 e. The summed E-state index contributed by atoms with van der Waals surface area (Å²) < 4.78 is 11.7. The van der Waals surface area contributed by atoms with Gasteiger partial charge in [-0.1, -0.05) is 66.6 Å². The van der Waals surface area contributed by atoms with E-state index in [1.165, 1.54) is 44.9 Å². The molecule has 0 aliphatic carbocycles. The molecule has 3 rings (SSSR count). The molecule has 27 heavy (non-hydrogen) atoms. The number of para-hydroxylation sites is 1. The van der Waals surface area contributed by atoms with Crippen LogP contribution >= 0.6 is 15.9 Å². The lowest BCUT2D eigenvalue weighted by molar-refractivity contribution is 0.304. The first-order valence-electron chi connectivity index (χ1n) is 9.94. The first-order chi connectivity index (χ1) is 13.3. The van der Waals surface area contributed by atoms with Crippen LogP contribution in [0.25, 0.3) is 21.9 Å². The quantitative estimate of drug-likeness (QED) is 0.190. The molecule has 0 aliphatic rings. The standard InChI is InChI=1S/C23H27BrO3/c24-15-9-5-3-1-2-4-6-10-16-26-18-13-14-20-22(17-18)27-21-12-8-7-11-19(21)23(20)25/h7-8,11-14,17H,1-6,9-10,15-16H2. The maximum atomic E-state index is 12.5. The van der Waals surface area contributed by atoms with Crippen molar-refractivity contribution in [1.82, 2.24) is 0 Å². The first-order valence-corrected chi connectivity index (χ1v) is 11.1. The van der Waals surface area contributed by atoms with Gasteiger partial charge in [0.1, 0.15) is 16.9 Å². The average Bonchev–Trinajstić information content (AvgIpc) is 2.69. The SMILES string of the molecule is O=c1c2ccccc2oc2cc(OCCCCCCCCCCBr)ccc12. The third kappa shape index (κ3) is 5.58. The first kappa shape index (κ1) is 19.9. The van der Waals surface area contributed by atoms with E-state index in [-0.39, 0.29) is 5.43 Å². The zero-order valence-corrected chi connectivity index (χ0v) is 17.3. The molecule has 3 nitrogen and oxygen atoms in total. The van der Waals surface area contributed by atoms with Gasteiger partial charge >= 0.3 is 0 Å². The number of halogens is 1. The molecule has 0 amide bonds. The van der Waals surface area contributed by atoms with Crippen molar-refractivity contribution < 1.29 is 9.15 Å². The van der Waals surface area contributed by atoms with Crippen molar-refractivity contribution in [2.75, 3.05) is 11.9 Å². The Morgan fingerprint density at radius 2 is 1.44 bits per heavy atom. The summed E-state index contributed by atoms with van der Waals surface area (Å²) in [5, 5.41) is 2.34. The van der Waals surface area contributed by atoms with E-state index in [4.69, 9.17) is 9.15 Å². The van der Waals surface area contributed by atoms with Gasteiger partial charge in [0.15, 0.2) is 0 Å². The van der Waals surface area contributed by atoms with Crippen LogP contribution in [0.5, 0.6) is 5.75 Å². The molecule has 3 aromatic rings. The molecule has 0 N–H and O–H groups in total. The van der Waals surface area contributed by atoms with Gasteiger partial charge in [0.2, 0.25) is 5.43 Å². The normalized spacial score (nSPS) is 11.3. The molecule has 0 saturated carbocycles. The van der Waals surface area contributed by atoms with E-state index >= 15 is 0 Å². The second-order valence-electron chi connectivity index (χ2n) is 6.95. The van der Waals surface area contributed by atoms with E-state index in [9.17, 15) is 4.79 Å². The van der Waals surface area contributed by atoms with Crippen molar-refractivity contribution >= 4 is 37.9 Å². The van der Waals surface area contributed by atoms with Crippen molar-refractivity contribution in [2.45, 2.75) is 51.4 Å². The summed E-state index contributed by atoms with van der Waals surface area (Å²) in [7, 11) is 0. The summed E-state index contributed by atoms with van der Waals surface area (Å²) >= 11 is 3.47. The van der Waals surface area contributed by atoms with Crippen LogP contribution in [0.1, 0.15) is 51.4 Å². The maximum absolute atomic E-state index is 12.5. The highest BCUT2D eigenvalue weighted by atomic mass is 79.9. The average molecular weight is 431 g/mol. The molecule has 2 aromatic carbocycles. The second-order valence-corrected chi connectivity index (χ2v) is 7.74. The molecule has 0 fully saturated rings. The Balaban J connectivity index is 1.47. The summed E-state index contributed by atoms with van der Waals surface area (Å²) in [5.41, 5.74) is 1.21. The minimum absolute atomic E-state index is 0.00883. The Hall–Kier alpha value is -1.81. The smallest absolute Gasteiger partial charge is 0.200 e. The van der Waals surface area contributed by atoms with Crippen LogP contribution in [0, 0.1) is 0 Å². The lowest BCUT2D eigenvalue weighted by Crippen LogP contribution is -2.02. The van der Waals surface area contributed by atoms with Crippen LogP contribution in [0.15, 0.2) is 51.7 Å². The molecule has 0 aliphatic heterocycles. The van der Waals surface area contributed by atoms with Gasteiger partial charge in [-0.15, -0.1) is 0 Å². The Kier molecular flexibility index (Phi) is 7.76. The highest BCUT2D eigenvalue weighted by Crippen LogP contribution is 2.23. The van der Waals surface area contributed by atoms with Crippen LogP contribution < -0.4 is 10.2 Å². The lowest BCUT2D eigenvalue weighted by atomic mass is 10.1. The summed E-state index contributed by atoms with van der Waals surface area (Å²) in [6.45, 7) is 0.701. The number of ether oxygens (including phenoxy) is 1. The molecule has 0 saturated heterocycles. The van der Waals surface area contributed by atoms with Crippen molar-refractivity contribution in [1.29, 1.82) is 0 Å². The van der Waals surface area contributed by atoms with Gasteiger partial charge < -0.3 is 9.15 Å². The van der Waals surface area contributed by atoms with Gasteiger partial charge in [-0.05, 0) is 37.1 Å². The summed E-state index contributed by atoms with van der Waals surface area (Å²) in [5.74, 6) is 0.760. The van der Waals surface area contributed by atoms with E-state index in [0.717, 1.165) is 17.5 Å². The molecule has 0 spiro atoms. The lowest BCUT2D eigenvalue weighted by Gasteiger charge is -2.07. The van der Waals surface area contributed by atoms with Crippen LogP contribution in [-0.2, 0) is 0 Å². The Labute approximate surface area is 168 Å². The van der Waals surface area contributed by atoms with Crippen LogP contribution in [0.3, 0.4) is 0 Å². The Morgan fingerprint density at radius 3 is 2.22 bits per heavy atom. The number of hydrogen-bond acceptors (Lipinski definition) is 3. The molecule has 0 atom stereocenters. The molecule has 0 radical (unpaired) electrons. The molecule has 0 unspecified atom stereocenters. The topological polar surface area (TPSA) is 39.4 Å². The molecule has 0 bridgehead atoms. The van der Waals surface area contributed by atoms with Gasteiger partial charge in [0.25, 0.3) is 0 Å². The van der Waals surface area contributed by atoms with E-state index in [2.05, 4.69) is 15.9 Å². The number of hydrogen-bond donors (Lipinski definition) is 0. The van der Waals surface area contributed by atoms with Crippen molar-refractivity contribution in [3.05, 3.63) is 52.7 Å². The number of rotatable bonds is 11. The zero-order chi connectivity index (χ0) is 18.9. The predicted octanol–water partition coefficient (Wildman–Crippen LogP) is 6.84. The number of benzene rings is 2. The zero-order valence-electron chi connectivity index (χ0n) is 15.7. The fraction of sp³-hybridized carbons (Fsp3) is 0.435. The van der Waals surface area contributed by atoms with Gasteiger partial charge in [-0.2, -0.15) is 0 Å². The molecule has 1 aromatic heterocycles. The number of alkyl halides is 1. The fourth-order valence-electron chi connectivity index (χ4n) is 3.32. The van der Waals surface area contributed by atoms with Gasteiger partial charge in [-0.3, -0.25) is 4.79 Å². The highest BCUT2D eigenvalue weighted by Gasteiger charge is 2.08. The number of unbranched alkanes of at least 4 members (excludes halogenated alkanes) is 7. The minimum Gasteiger partial charge on any atom is -0.493 e. The van der Waals surface area contributed by atoms with Crippen molar-refractivity contribution in [3.8, 4) is 5.75 Å². The maximum Gasteiger partial charge on any atom is 0.200 e. The third-order valence-electron chi connectivity index (χ3n) is 4.85. The van der Waals surface area contributed by atoms with E-state index in [1.807, 2.05) is 30.3 Å². The fourth-order valence-corrected chi connectivity index (χ4v) is 3.71. The van der Waals surface area contributed by atoms with E-state index in [1.54, 1.807) is 12.1 Å². The third-order valence-corrected chi connectivity index (χ3v) is 5.41. The summed E-state index contributed by atoms with van der Waals surface area (Å²) in [6.07, 6.45) is 10.2. The Morgan fingerprint density at radius 1 is 0.778 bits per heavy atom. The number of fused-ring (bicyclic) bond motifs is 2. The second kappa shape index (κ2) is 10.5. The summed E-state index contributed by atoms with van der Waals surface area (Å²) in [6, 6.07) is 12.8. The summed E-state index contributed by atoms with van der Waals surface area (Å²) in [4.78, 5) is 12.5. The molecule has 144 valence electrons.